The van der Waals surface area contributed by atoms with Crippen molar-refractivity contribution < 1.29 is 4.79 Å². The molecule has 0 radical (unpaired) electrons. The summed E-state index contributed by atoms with van der Waals surface area (Å²) in [5.41, 5.74) is 5.55. The Balaban J connectivity index is 2.58. The summed E-state index contributed by atoms with van der Waals surface area (Å²) in [6.45, 7) is 4.67. The Kier molecular flexibility index (Phi) is 4.59. The van der Waals surface area contributed by atoms with Crippen LogP contribution in [0.5, 0.6) is 0 Å². The zero-order chi connectivity index (χ0) is 10.6. The summed E-state index contributed by atoms with van der Waals surface area (Å²) in [5, 5.41) is 0. The van der Waals surface area contributed by atoms with Crippen molar-refractivity contribution >= 4 is 5.78 Å². The van der Waals surface area contributed by atoms with Gasteiger partial charge in [-0.25, -0.2) is 0 Å². The van der Waals surface area contributed by atoms with Crippen molar-refractivity contribution in [3.05, 3.63) is 0 Å². The molecule has 0 aliphatic heterocycles. The zero-order valence-electron chi connectivity index (χ0n) is 9.46. The number of carbonyl (C=O) groups is 1. The lowest BCUT2D eigenvalue weighted by atomic mass is 9.73. The van der Waals surface area contributed by atoms with E-state index in [2.05, 4.69) is 6.92 Å². The molecule has 1 rings (SSSR count). The van der Waals surface area contributed by atoms with E-state index in [-0.39, 0.29) is 5.92 Å². The summed E-state index contributed by atoms with van der Waals surface area (Å²) in [6, 6.07) is 0. The first kappa shape index (κ1) is 11.7. The van der Waals surface area contributed by atoms with E-state index < -0.39 is 0 Å². The van der Waals surface area contributed by atoms with Gasteiger partial charge in [-0.05, 0) is 18.8 Å². The Morgan fingerprint density at radius 1 is 1.43 bits per heavy atom. The van der Waals surface area contributed by atoms with Crippen molar-refractivity contribution in [1.29, 1.82) is 0 Å². The third kappa shape index (κ3) is 2.57. The molecule has 14 heavy (non-hydrogen) atoms. The Hall–Kier alpha value is -0.370. The molecular formula is C12H23NO. The molecule has 2 N–H and O–H groups in total. The smallest absolute Gasteiger partial charge is 0.140 e. The van der Waals surface area contributed by atoms with Crippen LogP contribution in [0.4, 0.5) is 0 Å². The minimum Gasteiger partial charge on any atom is -0.330 e. The molecule has 2 heteroatoms. The highest BCUT2D eigenvalue weighted by atomic mass is 16.1. The maximum absolute atomic E-state index is 12.0. The summed E-state index contributed by atoms with van der Waals surface area (Å²) in [6.07, 6.45) is 6.02. The quantitative estimate of drug-likeness (QED) is 0.752. The minimum absolute atomic E-state index is 0.0622. The second kappa shape index (κ2) is 5.50. The van der Waals surface area contributed by atoms with Crippen LogP contribution in [0, 0.1) is 17.8 Å². The van der Waals surface area contributed by atoms with Crippen LogP contribution in [0.15, 0.2) is 0 Å². The lowest BCUT2D eigenvalue weighted by Gasteiger charge is -2.31. The van der Waals surface area contributed by atoms with Crippen LogP contribution in [-0.4, -0.2) is 12.3 Å². The third-order valence-corrected chi connectivity index (χ3v) is 3.64. The van der Waals surface area contributed by atoms with Crippen molar-refractivity contribution in [3.63, 3.8) is 0 Å². The van der Waals surface area contributed by atoms with Gasteiger partial charge in [0, 0.05) is 18.4 Å². The topological polar surface area (TPSA) is 43.1 Å². The van der Waals surface area contributed by atoms with E-state index in [1.54, 1.807) is 0 Å². The fourth-order valence-electron chi connectivity index (χ4n) is 2.55. The van der Waals surface area contributed by atoms with Gasteiger partial charge in [0.2, 0.25) is 0 Å². The van der Waals surface area contributed by atoms with Gasteiger partial charge in [0.25, 0.3) is 0 Å². The SMILES string of the molecule is CCC1CCCCC1C(=O)C(C)CN. The normalized spacial score (nSPS) is 29.9. The van der Waals surface area contributed by atoms with Gasteiger partial charge in [-0.1, -0.05) is 33.1 Å². The summed E-state index contributed by atoms with van der Waals surface area (Å²) in [7, 11) is 0. The fourth-order valence-corrected chi connectivity index (χ4v) is 2.55. The lowest BCUT2D eigenvalue weighted by molar-refractivity contribution is -0.128. The molecule has 1 saturated carbocycles. The van der Waals surface area contributed by atoms with Crippen LogP contribution in [-0.2, 0) is 4.79 Å². The highest BCUT2D eigenvalue weighted by Gasteiger charge is 2.31. The lowest BCUT2D eigenvalue weighted by Crippen LogP contribution is -2.33. The molecule has 1 aliphatic rings. The molecule has 0 saturated heterocycles. The predicted octanol–water partition coefficient (Wildman–Crippen LogP) is 2.37. The number of rotatable bonds is 4. The predicted molar refractivity (Wildman–Crippen MR) is 59.0 cm³/mol. The highest BCUT2D eigenvalue weighted by molar-refractivity contribution is 5.83. The molecule has 0 bridgehead atoms. The van der Waals surface area contributed by atoms with Gasteiger partial charge < -0.3 is 5.73 Å². The third-order valence-electron chi connectivity index (χ3n) is 3.64. The first-order chi connectivity index (χ1) is 6.70. The van der Waals surface area contributed by atoms with Crippen molar-refractivity contribution in [2.24, 2.45) is 23.5 Å². The van der Waals surface area contributed by atoms with Gasteiger partial charge in [-0.15, -0.1) is 0 Å². The van der Waals surface area contributed by atoms with Gasteiger partial charge in [-0.2, -0.15) is 0 Å². The number of Topliss-reactive ketones (excluding diaryl/α,β-unsaturated/α-hetero) is 1. The van der Waals surface area contributed by atoms with Crippen molar-refractivity contribution in [3.8, 4) is 0 Å². The Morgan fingerprint density at radius 2 is 2.07 bits per heavy atom. The molecule has 3 atom stereocenters. The van der Waals surface area contributed by atoms with Crippen LogP contribution < -0.4 is 5.73 Å². The zero-order valence-corrected chi connectivity index (χ0v) is 9.46. The second-order valence-electron chi connectivity index (χ2n) is 4.60. The maximum Gasteiger partial charge on any atom is 0.140 e. The van der Waals surface area contributed by atoms with E-state index in [9.17, 15) is 4.79 Å². The van der Waals surface area contributed by atoms with E-state index in [0.717, 1.165) is 12.8 Å². The summed E-state index contributed by atoms with van der Waals surface area (Å²) in [4.78, 5) is 12.0. The van der Waals surface area contributed by atoms with Crippen molar-refractivity contribution in [2.75, 3.05) is 6.54 Å². The number of hydrogen-bond acceptors (Lipinski definition) is 2. The summed E-state index contributed by atoms with van der Waals surface area (Å²) >= 11 is 0. The van der Waals surface area contributed by atoms with Crippen LogP contribution in [0.2, 0.25) is 0 Å². The van der Waals surface area contributed by atoms with Gasteiger partial charge in [0.05, 0.1) is 0 Å². The van der Waals surface area contributed by atoms with E-state index in [4.69, 9.17) is 5.73 Å². The van der Waals surface area contributed by atoms with Crippen LogP contribution in [0.25, 0.3) is 0 Å². The summed E-state index contributed by atoms with van der Waals surface area (Å²) in [5.74, 6) is 1.42. The van der Waals surface area contributed by atoms with Crippen LogP contribution >= 0.6 is 0 Å². The van der Waals surface area contributed by atoms with Crippen LogP contribution in [0.3, 0.4) is 0 Å². The average molecular weight is 197 g/mol. The monoisotopic (exact) mass is 197 g/mol. The molecule has 1 aliphatic carbocycles. The van der Waals surface area contributed by atoms with Crippen LogP contribution in [0.1, 0.15) is 46.0 Å². The number of ketones is 1. The Labute approximate surface area is 87.2 Å². The Bertz CT molecular complexity index is 191. The largest absolute Gasteiger partial charge is 0.330 e. The minimum atomic E-state index is 0.0622. The molecule has 2 nitrogen and oxygen atoms in total. The number of nitrogens with two attached hydrogens (primary N) is 1. The maximum atomic E-state index is 12.0. The second-order valence-corrected chi connectivity index (χ2v) is 4.60. The molecule has 0 aromatic rings. The standard InChI is InChI=1S/C12H23NO/c1-3-10-6-4-5-7-11(10)12(14)9(2)8-13/h9-11H,3-8,13H2,1-2H3. The molecule has 3 unspecified atom stereocenters. The van der Waals surface area contributed by atoms with Gasteiger partial charge in [0.15, 0.2) is 0 Å². The van der Waals surface area contributed by atoms with Crippen molar-refractivity contribution in [1.82, 2.24) is 0 Å². The molecular weight excluding hydrogens is 174 g/mol. The van der Waals surface area contributed by atoms with Crippen molar-refractivity contribution in [2.45, 2.75) is 46.0 Å². The molecule has 0 aromatic carbocycles. The molecule has 0 heterocycles. The van der Waals surface area contributed by atoms with Gasteiger partial charge >= 0.3 is 0 Å². The average Bonchev–Trinajstić information content (AvgIpc) is 2.26. The van der Waals surface area contributed by atoms with E-state index >= 15 is 0 Å². The molecule has 0 aromatic heterocycles. The first-order valence-corrected chi connectivity index (χ1v) is 5.94. The number of carbonyl (C=O) groups excluding carboxylic acids is 1. The molecule has 0 amide bonds. The van der Waals surface area contributed by atoms with Gasteiger partial charge in [-0.3, -0.25) is 4.79 Å². The summed E-state index contributed by atoms with van der Waals surface area (Å²) < 4.78 is 0. The first-order valence-electron chi connectivity index (χ1n) is 5.94. The van der Waals surface area contributed by atoms with E-state index in [1.165, 1.54) is 19.3 Å². The molecule has 1 fully saturated rings. The van der Waals surface area contributed by atoms with E-state index in [1.807, 2.05) is 6.92 Å². The van der Waals surface area contributed by atoms with E-state index in [0.29, 0.717) is 24.2 Å². The fraction of sp³-hybridized carbons (Fsp3) is 0.917. The van der Waals surface area contributed by atoms with Gasteiger partial charge in [0.1, 0.15) is 5.78 Å². The molecule has 82 valence electrons. The molecule has 0 spiro atoms. The Morgan fingerprint density at radius 3 is 2.64 bits per heavy atom. The number of hydrogen-bond donors (Lipinski definition) is 1. The highest BCUT2D eigenvalue weighted by Crippen LogP contribution is 2.34.